The van der Waals surface area contributed by atoms with Crippen LogP contribution in [-0.4, -0.2) is 12.9 Å². The van der Waals surface area contributed by atoms with Gasteiger partial charge in [0.25, 0.3) is 0 Å². The molecule has 0 radical (unpaired) electrons. The fraction of sp³-hybridized carbons (Fsp3) is 0.424. The van der Waals surface area contributed by atoms with Crippen LogP contribution < -0.4 is 4.74 Å². The molecule has 0 bridgehead atoms. The van der Waals surface area contributed by atoms with E-state index in [0.29, 0.717) is 6.42 Å². The fourth-order valence-corrected chi connectivity index (χ4v) is 4.71. The number of Topliss-reactive ketones (excluding diaryl/α,β-unsaturated/α-hetero) is 1. The maximum atomic E-state index is 13.0. The summed E-state index contributed by atoms with van der Waals surface area (Å²) in [6.45, 7) is 8.46. The van der Waals surface area contributed by atoms with Crippen molar-refractivity contribution in [3.05, 3.63) is 101 Å². The Morgan fingerprint density at radius 3 is 2.31 bits per heavy atom. The van der Waals surface area contributed by atoms with Crippen LogP contribution in [-0.2, 0) is 19.3 Å². The topological polar surface area (TPSA) is 26.3 Å². The highest BCUT2D eigenvalue weighted by molar-refractivity contribution is 5.98. The van der Waals surface area contributed by atoms with Crippen molar-refractivity contribution in [1.29, 1.82) is 0 Å². The summed E-state index contributed by atoms with van der Waals surface area (Å²) >= 11 is 0. The van der Waals surface area contributed by atoms with Crippen LogP contribution in [0.1, 0.15) is 86.9 Å². The number of benzene rings is 3. The summed E-state index contributed by atoms with van der Waals surface area (Å²) in [5.41, 5.74) is 5.88. The molecule has 2 nitrogen and oxygen atoms in total. The summed E-state index contributed by atoms with van der Waals surface area (Å²) in [7, 11) is 1.66. The third-order valence-electron chi connectivity index (χ3n) is 6.45. The zero-order chi connectivity index (χ0) is 25.5. The van der Waals surface area contributed by atoms with Gasteiger partial charge in [0, 0.05) is 13.4 Å². The number of carbonyl (C=O) groups excluding carboxylic acids is 1. The molecule has 0 aliphatic heterocycles. The van der Waals surface area contributed by atoms with Crippen molar-refractivity contribution in [3.8, 4) is 5.75 Å². The molecule has 3 aromatic carbocycles. The Kier molecular flexibility index (Phi) is 12.9. The standard InChI is InChI=1S/C31H38O2.C2H6.H2/c1-4-10-25(22-27-13-9-11-24(2)21-27)12-5-6-14-28-15-7-8-16-30(28)31(32)23-26-17-19-29(33-3)20-18-26;1-2;/h7-9,11,13,15-21,25H,4-6,10,12,14,22-23H2,1-3H3;1-2H3;1H. The Morgan fingerprint density at radius 2 is 1.63 bits per heavy atom. The largest absolute Gasteiger partial charge is 0.497 e. The quantitative estimate of drug-likeness (QED) is 0.182. The molecule has 1 atom stereocenters. The molecule has 0 aromatic heterocycles. The number of ketones is 1. The second-order valence-corrected chi connectivity index (χ2v) is 9.20. The van der Waals surface area contributed by atoms with Crippen LogP contribution >= 0.6 is 0 Å². The van der Waals surface area contributed by atoms with E-state index in [2.05, 4.69) is 50.2 Å². The van der Waals surface area contributed by atoms with E-state index < -0.39 is 0 Å². The minimum Gasteiger partial charge on any atom is -0.497 e. The van der Waals surface area contributed by atoms with Gasteiger partial charge >= 0.3 is 0 Å². The molecule has 190 valence electrons. The van der Waals surface area contributed by atoms with Crippen molar-refractivity contribution in [2.24, 2.45) is 5.92 Å². The first-order valence-electron chi connectivity index (χ1n) is 13.4. The summed E-state index contributed by atoms with van der Waals surface area (Å²) in [5, 5.41) is 0. The van der Waals surface area contributed by atoms with Gasteiger partial charge in [-0.2, -0.15) is 0 Å². The maximum absolute atomic E-state index is 13.0. The normalized spacial score (nSPS) is 11.3. The van der Waals surface area contributed by atoms with Crippen molar-refractivity contribution in [3.63, 3.8) is 0 Å². The summed E-state index contributed by atoms with van der Waals surface area (Å²) in [5.74, 6) is 1.75. The average molecular weight is 475 g/mol. The molecule has 0 heterocycles. The van der Waals surface area contributed by atoms with Gasteiger partial charge in [-0.15, -0.1) is 0 Å². The lowest BCUT2D eigenvalue weighted by Crippen LogP contribution is -2.08. The number of unbranched alkanes of at least 4 members (excludes halogenated alkanes) is 1. The van der Waals surface area contributed by atoms with Crippen molar-refractivity contribution in [2.45, 2.75) is 79.1 Å². The number of hydrogen-bond acceptors (Lipinski definition) is 2. The van der Waals surface area contributed by atoms with Crippen molar-refractivity contribution < 1.29 is 11.0 Å². The van der Waals surface area contributed by atoms with Gasteiger partial charge in [0.05, 0.1) is 7.11 Å². The number of aryl methyl sites for hydroxylation is 2. The molecule has 35 heavy (non-hydrogen) atoms. The van der Waals surface area contributed by atoms with Crippen LogP contribution in [0.25, 0.3) is 0 Å². The zero-order valence-corrected chi connectivity index (χ0v) is 22.5. The van der Waals surface area contributed by atoms with Crippen molar-refractivity contribution in [1.82, 2.24) is 0 Å². The second kappa shape index (κ2) is 15.9. The molecule has 1 unspecified atom stereocenters. The summed E-state index contributed by atoms with van der Waals surface area (Å²) in [4.78, 5) is 13.0. The lowest BCUT2D eigenvalue weighted by molar-refractivity contribution is 0.0992. The van der Waals surface area contributed by atoms with E-state index in [-0.39, 0.29) is 7.21 Å². The molecule has 0 saturated heterocycles. The van der Waals surface area contributed by atoms with E-state index in [1.807, 2.05) is 50.2 Å². The molecule has 3 aromatic rings. The first-order chi connectivity index (χ1) is 17.1. The number of rotatable bonds is 13. The lowest BCUT2D eigenvalue weighted by atomic mass is 9.89. The molecule has 0 spiro atoms. The molecular formula is C33H46O2. The van der Waals surface area contributed by atoms with Gasteiger partial charge in [-0.25, -0.2) is 0 Å². The van der Waals surface area contributed by atoms with Gasteiger partial charge < -0.3 is 4.74 Å². The predicted octanol–water partition coefficient (Wildman–Crippen LogP) is 9.07. The molecule has 0 amide bonds. The molecular weight excluding hydrogens is 428 g/mol. The Bertz CT molecular complexity index is 1010. The van der Waals surface area contributed by atoms with E-state index >= 15 is 0 Å². The van der Waals surface area contributed by atoms with Crippen LogP contribution in [0, 0.1) is 12.8 Å². The first-order valence-corrected chi connectivity index (χ1v) is 13.4. The highest BCUT2D eigenvalue weighted by Gasteiger charge is 2.13. The molecule has 0 aliphatic carbocycles. The van der Waals surface area contributed by atoms with Crippen LogP contribution in [0.5, 0.6) is 5.75 Å². The van der Waals surface area contributed by atoms with Gasteiger partial charge in [0.15, 0.2) is 5.78 Å². The molecule has 0 N–H and O–H groups in total. The van der Waals surface area contributed by atoms with Crippen LogP contribution in [0.15, 0.2) is 72.8 Å². The molecule has 0 saturated carbocycles. The SMILES string of the molecule is CC.CCCC(CCCCc1ccccc1C(=O)Cc1ccc(OC)cc1)Cc1cccc(C)c1.[HH]. The zero-order valence-electron chi connectivity index (χ0n) is 22.5. The summed E-state index contributed by atoms with van der Waals surface area (Å²) in [6.07, 6.45) is 8.67. The van der Waals surface area contributed by atoms with Crippen LogP contribution in [0.4, 0.5) is 0 Å². The van der Waals surface area contributed by atoms with Crippen molar-refractivity contribution >= 4 is 5.78 Å². The Labute approximate surface area is 215 Å². The Hall–Kier alpha value is -2.87. The van der Waals surface area contributed by atoms with E-state index in [1.165, 1.54) is 48.8 Å². The fourth-order valence-electron chi connectivity index (χ4n) is 4.71. The number of methoxy groups -OCH3 is 1. The van der Waals surface area contributed by atoms with E-state index in [0.717, 1.165) is 35.6 Å². The highest BCUT2D eigenvalue weighted by atomic mass is 16.5. The molecule has 0 aliphatic rings. The summed E-state index contributed by atoms with van der Waals surface area (Å²) < 4.78 is 5.22. The van der Waals surface area contributed by atoms with E-state index in [1.54, 1.807) is 7.11 Å². The lowest BCUT2D eigenvalue weighted by Gasteiger charge is -2.17. The monoisotopic (exact) mass is 474 g/mol. The van der Waals surface area contributed by atoms with E-state index in [9.17, 15) is 4.79 Å². The minimum atomic E-state index is 0. The number of carbonyl (C=O) groups is 1. The van der Waals surface area contributed by atoms with Crippen LogP contribution in [0.3, 0.4) is 0 Å². The average Bonchev–Trinajstić information content (AvgIpc) is 2.88. The summed E-state index contributed by atoms with van der Waals surface area (Å²) in [6, 6.07) is 24.9. The van der Waals surface area contributed by atoms with Gasteiger partial charge in [0.2, 0.25) is 0 Å². The van der Waals surface area contributed by atoms with Gasteiger partial charge in [-0.05, 0) is 60.9 Å². The van der Waals surface area contributed by atoms with Gasteiger partial charge in [0.1, 0.15) is 5.75 Å². The second-order valence-electron chi connectivity index (χ2n) is 9.20. The van der Waals surface area contributed by atoms with Crippen molar-refractivity contribution in [2.75, 3.05) is 7.11 Å². The third-order valence-corrected chi connectivity index (χ3v) is 6.45. The minimum absolute atomic E-state index is 0. The van der Waals surface area contributed by atoms with E-state index in [4.69, 9.17) is 4.74 Å². The Morgan fingerprint density at radius 1 is 0.886 bits per heavy atom. The van der Waals surface area contributed by atoms with Gasteiger partial charge in [-0.3, -0.25) is 4.79 Å². The third kappa shape index (κ3) is 9.72. The number of hydrogen-bond donors (Lipinski definition) is 0. The predicted molar refractivity (Wildman–Crippen MR) is 152 cm³/mol. The van der Waals surface area contributed by atoms with Gasteiger partial charge in [-0.1, -0.05) is 113 Å². The van der Waals surface area contributed by atoms with Crippen LogP contribution in [0.2, 0.25) is 0 Å². The molecule has 0 fully saturated rings. The Balaban J connectivity index is 0.00000211. The molecule has 3 rings (SSSR count). The molecule has 2 heteroatoms. The maximum Gasteiger partial charge on any atom is 0.167 e. The smallest absolute Gasteiger partial charge is 0.167 e. The first kappa shape index (κ1) is 28.4. The highest BCUT2D eigenvalue weighted by Crippen LogP contribution is 2.23. The number of ether oxygens (including phenoxy) is 1.